The Hall–Kier alpha value is -1.95. The van der Waals surface area contributed by atoms with Crippen LogP contribution in [0.5, 0.6) is 0 Å². The first-order valence-electron chi connectivity index (χ1n) is 5.26. The Morgan fingerprint density at radius 3 is 3.06 bits per heavy atom. The van der Waals surface area contributed by atoms with E-state index in [1.165, 1.54) is 0 Å². The number of hydrogen-bond donors (Lipinski definition) is 1. The van der Waals surface area contributed by atoms with Gasteiger partial charge in [0.25, 0.3) is 0 Å². The fourth-order valence-corrected chi connectivity index (χ4v) is 2.78. The molecule has 0 amide bonds. The molecule has 3 rings (SSSR count). The standard InChI is InChI=1S/C11H10N4OS/c1-2-7-8(12)10-11(17-7)9(15-16-10)6-4-3-5-13-14-6/h3-5H,2,12H2,1H3. The number of rotatable bonds is 2. The second kappa shape index (κ2) is 3.81. The van der Waals surface area contributed by atoms with Gasteiger partial charge >= 0.3 is 0 Å². The van der Waals surface area contributed by atoms with E-state index in [2.05, 4.69) is 22.3 Å². The lowest BCUT2D eigenvalue weighted by Crippen LogP contribution is -1.86. The highest BCUT2D eigenvalue weighted by atomic mass is 32.1. The third-order valence-electron chi connectivity index (χ3n) is 2.56. The van der Waals surface area contributed by atoms with Crippen molar-refractivity contribution in [3.8, 4) is 11.4 Å². The molecule has 0 aromatic carbocycles. The van der Waals surface area contributed by atoms with E-state index in [9.17, 15) is 0 Å². The van der Waals surface area contributed by atoms with Crippen LogP contribution in [0.1, 0.15) is 11.8 Å². The van der Waals surface area contributed by atoms with Gasteiger partial charge in [0.2, 0.25) is 5.58 Å². The summed E-state index contributed by atoms with van der Waals surface area (Å²) >= 11 is 1.60. The number of nitrogen functional groups attached to an aromatic ring is 1. The number of aromatic nitrogens is 3. The van der Waals surface area contributed by atoms with Crippen molar-refractivity contribution in [1.82, 2.24) is 15.4 Å². The number of thiophene rings is 1. The van der Waals surface area contributed by atoms with Crippen LogP contribution in [0.2, 0.25) is 0 Å². The van der Waals surface area contributed by atoms with E-state index < -0.39 is 0 Å². The number of anilines is 1. The smallest absolute Gasteiger partial charge is 0.201 e. The first-order chi connectivity index (χ1) is 8.31. The van der Waals surface area contributed by atoms with Gasteiger partial charge in [0.1, 0.15) is 10.4 Å². The van der Waals surface area contributed by atoms with Gasteiger partial charge in [0, 0.05) is 11.1 Å². The van der Waals surface area contributed by atoms with E-state index in [1.54, 1.807) is 17.5 Å². The number of hydrogen-bond acceptors (Lipinski definition) is 6. The van der Waals surface area contributed by atoms with E-state index >= 15 is 0 Å². The van der Waals surface area contributed by atoms with E-state index in [4.69, 9.17) is 10.3 Å². The van der Waals surface area contributed by atoms with Crippen LogP contribution in [0, 0.1) is 0 Å². The van der Waals surface area contributed by atoms with E-state index in [-0.39, 0.29) is 0 Å². The Labute approximate surface area is 101 Å². The van der Waals surface area contributed by atoms with Crippen LogP contribution in [0.25, 0.3) is 21.7 Å². The monoisotopic (exact) mass is 246 g/mol. The van der Waals surface area contributed by atoms with Crippen LogP contribution in [0.4, 0.5) is 5.69 Å². The molecule has 0 saturated heterocycles. The predicted molar refractivity (Wildman–Crippen MR) is 66.7 cm³/mol. The van der Waals surface area contributed by atoms with Crippen LogP contribution in [-0.4, -0.2) is 15.4 Å². The summed E-state index contributed by atoms with van der Waals surface area (Å²) in [6.07, 6.45) is 2.52. The van der Waals surface area contributed by atoms with Crippen molar-refractivity contribution in [2.75, 3.05) is 5.73 Å². The van der Waals surface area contributed by atoms with Crippen molar-refractivity contribution in [1.29, 1.82) is 0 Å². The Balaban J connectivity index is 2.25. The topological polar surface area (TPSA) is 77.8 Å². The molecule has 6 heteroatoms. The summed E-state index contributed by atoms with van der Waals surface area (Å²) in [5.41, 5.74) is 8.75. The molecule has 0 radical (unpaired) electrons. The molecule has 0 aliphatic carbocycles. The molecule has 0 bridgehead atoms. The van der Waals surface area contributed by atoms with Gasteiger partial charge in [-0.2, -0.15) is 5.10 Å². The van der Waals surface area contributed by atoms with Gasteiger partial charge in [-0.15, -0.1) is 16.4 Å². The average Bonchev–Trinajstić information content (AvgIpc) is 2.91. The minimum Gasteiger partial charge on any atom is -0.395 e. The predicted octanol–water partition coefficient (Wildman–Crippen LogP) is 2.49. The van der Waals surface area contributed by atoms with Gasteiger partial charge in [-0.25, -0.2) is 0 Å². The van der Waals surface area contributed by atoms with Gasteiger partial charge in [0.05, 0.1) is 5.69 Å². The van der Waals surface area contributed by atoms with Crippen LogP contribution >= 0.6 is 11.3 Å². The highest BCUT2D eigenvalue weighted by molar-refractivity contribution is 7.20. The second-order valence-electron chi connectivity index (χ2n) is 3.59. The maximum Gasteiger partial charge on any atom is 0.201 e. The van der Waals surface area contributed by atoms with Crippen molar-refractivity contribution < 1.29 is 4.52 Å². The molecule has 0 saturated carbocycles. The number of nitrogens with two attached hydrogens (primary N) is 1. The van der Waals surface area contributed by atoms with Crippen molar-refractivity contribution in [2.24, 2.45) is 0 Å². The lowest BCUT2D eigenvalue weighted by molar-refractivity contribution is 0.460. The zero-order valence-corrected chi connectivity index (χ0v) is 9.99. The molecule has 17 heavy (non-hydrogen) atoms. The molecular formula is C11H10N4OS. The summed E-state index contributed by atoms with van der Waals surface area (Å²) in [6.45, 7) is 2.07. The van der Waals surface area contributed by atoms with E-state index in [0.717, 1.165) is 16.0 Å². The molecular weight excluding hydrogens is 236 g/mol. The second-order valence-corrected chi connectivity index (χ2v) is 4.70. The first-order valence-corrected chi connectivity index (χ1v) is 6.07. The molecule has 86 valence electrons. The molecule has 0 spiro atoms. The Kier molecular flexibility index (Phi) is 2.29. The minimum atomic E-state index is 0.660. The summed E-state index contributed by atoms with van der Waals surface area (Å²) in [5, 5.41) is 11.9. The van der Waals surface area contributed by atoms with Gasteiger partial charge in [-0.05, 0) is 18.6 Å². The van der Waals surface area contributed by atoms with Crippen molar-refractivity contribution in [3.63, 3.8) is 0 Å². The Morgan fingerprint density at radius 2 is 2.35 bits per heavy atom. The third-order valence-corrected chi connectivity index (χ3v) is 3.89. The zero-order chi connectivity index (χ0) is 11.8. The lowest BCUT2D eigenvalue weighted by atomic mass is 10.2. The molecule has 2 N–H and O–H groups in total. The molecule has 0 aliphatic heterocycles. The maximum atomic E-state index is 5.98. The quantitative estimate of drug-likeness (QED) is 0.751. The Bertz CT molecular complexity index is 659. The summed E-state index contributed by atoms with van der Waals surface area (Å²) in [4.78, 5) is 1.12. The van der Waals surface area contributed by atoms with Crippen molar-refractivity contribution >= 4 is 27.3 Å². The van der Waals surface area contributed by atoms with E-state index in [1.807, 2.05) is 12.1 Å². The summed E-state index contributed by atoms with van der Waals surface area (Å²) in [7, 11) is 0. The summed E-state index contributed by atoms with van der Waals surface area (Å²) in [5.74, 6) is 0. The highest BCUT2D eigenvalue weighted by Gasteiger charge is 2.19. The molecule has 3 aromatic rings. The molecule has 5 nitrogen and oxygen atoms in total. The van der Waals surface area contributed by atoms with Gasteiger partial charge in [-0.3, -0.25) is 0 Å². The van der Waals surface area contributed by atoms with Crippen molar-refractivity contribution in [2.45, 2.75) is 13.3 Å². The normalized spacial score (nSPS) is 11.1. The number of aryl methyl sites for hydroxylation is 1. The average molecular weight is 246 g/mol. The molecule has 0 unspecified atom stereocenters. The van der Waals surface area contributed by atoms with Gasteiger partial charge in [0.15, 0.2) is 5.69 Å². The molecule has 0 aliphatic rings. The lowest BCUT2D eigenvalue weighted by Gasteiger charge is -1.92. The van der Waals surface area contributed by atoms with Crippen LogP contribution < -0.4 is 5.73 Å². The maximum absolute atomic E-state index is 5.98. The SMILES string of the molecule is CCc1sc2c(-c3cccnn3)noc2c1N. The summed E-state index contributed by atoms with van der Waals surface area (Å²) < 4.78 is 6.23. The summed E-state index contributed by atoms with van der Waals surface area (Å²) in [6, 6.07) is 3.67. The van der Waals surface area contributed by atoms with Crippen LogP contribution in [0.3, 0.4) is 0 Å². The fraction of sp³-hybridized carbons (Fsp3) is 0.182. The molecule has 0 fully saturated rings. The fourth-order valence-electron chi connectivity index (χ4n) is 1.71. The zero-order valence-electron chi connectivity index (χ0n) is 9.17. The molecule has 0 atom stereocenters. The van der Waals surface area contributed by atoms with Crippen molar-refractivity contribution in [3.05, 3.63) is 23.2 Å². The number of fused-ring (bicyclic) bond motifs is 1. The minimum absolute atomic E-state index is 0.660. The first kappa shape index (κ1) is 10.2. The number of nitrogens with zero attached hydrogens (tertiary/aromatic N) is 3. The van der Waals surface area contributed by atoms with Crippen LogP contribution in [-0.2, 0) is 6.42 Å². The Morgan fingerprint density at radius 1 is 1.47 bits per heavy atom. The third kappa shape index (κ3) is 1.49. The molecule has 3 aromatic heterocycles. The van der Waals surface area contributed by atoms with Crippen LogP contribution in [0.15, 0.2) is 22.9 Å². The van der Waals surface area contributed by atoms with E-state index in [0.29, 0.717) is 22.7 Å². The highest BCUT2D eigenvalue weighted by Crippen LogP contribution is 2.39. The van der Waals surface area contributed by atoms with Gasteiger partial charge in [-0.1, -0.05) is 12.1 Å². The van der Waals surface area contributed by atoms with Gasteiger partial charge < -0.3 is 10.3 Å². The molecule has 3 heterocycles. The largest absolute Gasteiger partial charge is 0.395 e.